The zero-order chi connectivity index (χ0) is 16.4. The van der Waals surface area contributed by atoms with Gasteiger partial charge in [0.15, 0.2) is 0 Å². The molecule has 1 amide bonds. The van der Waals surface area contributed by atoms with Crippen LogP contribution in [0.3, 0.4) is 0 Å². The second-order valence-electron chi connectivity index (χ2n) is 5.69. The van der Waals surface area contributed by atoms with E-state index in [1.165, 1.54) is 0 Å². The molecule has 0 unspecified atom stereocenters. The van der Waals surface area contributed by atoms with Crippen LogP contribution in [0.5, 0.6) is 0 Å². The summed E-state index contributed by atoms with van der Waals surface area (Å²) in [6.07, 6.45) is 3.33. The van der Waals surface area contributed by atoms with Gasteiger partial charge in [-0.3, -0.25) is 9.78 Å². The number of anilines is 1. The molecule has 2 atom stereocenters. The minimum atomic E-state index is -0.515. The molecular weight excluding hydrogens is 300 g/mol. The predicted octanol–water partition coefficient (Wildman–Crippen LogP) is 2.46. The quantitative estimate of drug-likeness (QED) is 0.946. The maximum Gasteiger partial charge on any atom is 0.227 e. The number of carbonyl (C=O) groups excluding carboxylic acids is 1. The number of rotatable bonds is 3. The van der Waals surface area contributed by atoms with E-state index in [-0.39, 0.29) is 30.4 Å². The minimum absolute atomic E-state index is 0.0944. The van der Waals surface area contributed by atoms with E-state index >= 15 is 0 Å². The number of hydrogen-bond donors (Lipinski definition) is 1. The Kier molecular flexibility index (Phi) is 4.34. The molecule has 2 N–H and O–H groups in total. The van der Waals surface area contributed by atoms with Crippen molar-refractivity contribution in [3.63, 3.8) is 0 Å². The number of carbonyl (C=O) groups is 1. The summed E-state index contributed by atoms with van der Waals surface area (Å²) in [6.45, 7) is 0.645. The number of nitrogens with two attached hydrogens (primary N) is 1. The van der Waals surface area contributed by atoms with Crippen molar-refractivity contribution in [3.05, 3.63) is 59.9 Å². The lowest BCUT2D eigenvalue weighted by molar-refractivity contribution is -0.120. The normalized spacial score (nSPS) is 21.5. The van der Waals surface area contributed by atoms with E-state index in [1.54, 1.807) is 29.4 Å². The van der Waals surface area contributed by atoms with Gasteiger partial charge in [-0.2, -0.15) is 0 Å². The molecule has 2 aromatic rings. The molecule has 1 saturated heterocycles. The van der Waals surface area contributed by atoms with E-state index in [9.17, 15) is 13.6 Å². The molecule has 4 nitrogen and oxygen atoms in total. The number of nitrogens with zero attached hydrogens (tertiary/aromatic N) is 2. The number of hydrogen-bond acceptors (Lipinski definition) is 3. The molecule has 120 valence electrons. The summed E-state index contributed by atoms with van der Waals surface area (Å²) in [7, 11) is 0. The fourth-order valence-corrected chi connectivity index (χ4v) is 3.09. The van der Waals surface area contributed by atoms with Crippen LogP contribution in [-0.2, 0) is 4.79 Å². The topological polar surface area (TPSA) is 59.2 Å². The summed E-state index contributed by atoms with van der Waals surface area (Å²) in [5.41, 5.74) is 6.75. The lowest BCUT2D eigenvalue weighted by Gasteiger charge is -2.38. The van der Waals surface area contributed by atoms with Gasteiger partial charge in [0.2, 0.25) is 5.91 Å². The van der Waals surface area contributed by atoms with Crippen molar-refractivity contribution in [2.24, 2.45) is 11.7 Å². The van der Waals surface area contributed by atoms with Crippen molar-refractivity contribution in [2.45, 2.75) is 12.3 Å². The Balaban J connectivity index is 1.91. The van der Waals surface area contributed by atoms with Crippen molar-refractivity contribution < 1.29 is 13.6 Å². The van der Waals surface area contributed by atoms with Crippen LogP contribution in [0.2, 0.25) is 0 Å². The van der Waals surface area contributed by atoms with Crippen LogP contribution in [0, 0.1) is 17.6 Å². The first-order valence-electron chi connectivity index (χ1n) is 7.45. The average molecular weight is 317 g/mol. The third-order valence-electron chi connectivity index (χ3n) is 4.30. The molecule has 3 rings (SSSR count). The van der Waals surface area contributed by atoms with Crippen LogP contribution in [0.25, 0.3) is 0 Å². The van der Waals surface area contributed by atoms with Gasteiger partial charge in [-0.1, -0.05) is 0 Å². The van der Waals surface area contributed by atoms with Gasteiger partial charge < -0.3 is 10.6 Å². The zero-order valence-corrected chi connectivity index (χ0v) is 12.5. The molecule has 2 heterocycles. The third-order valence-corrected chi connectivity index (χ3v) is 4.30. The highest BCUT2D eigenvalue weighted by Crippen LogP contribution is 2.36. The van der Waals surface area contributed by atoms with Crippen LogP contribution in [0.4, 0.5) is 14.5 Å². The van der Waals surface area contributed by atoms with Gasteiger partial charge in [0.25, 0.3) is 0 Å². The monoisotopic (exact) mass is 317 g/mol. The number of piperidine rings is 1. The minimum Gasteiger partial charge on any atom is -0.330 e. The molecule has 1 aromatic carbocycles. The van der Waals surface area contributed by atoms with Gasteiger partial charge in [0, 0.05) is 25.1 Å². The first-order chi connectivity index (χ1) is 11.1. The molecule has 23 heavy (non-hydrogen) atoms. The second kappa shape index (κ2) is 6.42. The van der Waals surface area contributed by atoms with Gasteiger partial charge in [0.05, 0.1) is 11.9 Å². The Hall–Kier alpha value is -2.34. The summed E-state index contributed by atoms with van der Waals surface area (Å²) in [6, 6.07) is 6.87. The molecule has 1 aliphatic heterocycles. The molecular formula is C17H17F2N3O. The van der Waals surface area contributed by atoms with Crippen LogP contribution < -0.4 is 10.6 Å². The molecule has 0 aliphatic carbocycles. The highest BCUT2D eigenvalue weighted by Gasteiger charge is 2.36. The van der Waals surface area contributed by atoms with Crippen molar-refractivity contribution in [1.82, 2.24) is 4.98 Å². The lowest BCUT2D eigenvalue weighted by Crippen LogP contribution is -2.46. The Morgan fingerprint density at radius 2 is 2.13 bits per heavy atom. The first-order valence-corrected chi connectivity index (χ1v) is 7.45. The van der Waals surface area contributed by atoms with E-state index in [2.05, 4.69) is 4.98 Å². The summed E-state index contributed by atoms with van der Waals surface area (Å²) >= 11 is 0. The molecule has 1 aliphatic rings. The third kappa shape index (κ3) is 3.07. The molecule has 1 fully saturated rings. The fraction of sp³-hybridized carbons (Fsp3) is 0.294. The van der Waals surface area contributed by atoms with Crippen LogP contribution in [0.1, 0.15) is 17.9 Å². The first kappa shape index (κ1) is 15.6. The number of halogens is 2. The average Bonchev–Trinajstić information content (AvgIpc) is 2.57. The predicted molar refractivity (Wildman–Crippen MR) is 82.9 cm³/mol. The van der Waals surface area contributed by atoms with Crippen LogP contribution in [0.15, 0.2) is 42.7 Å². The van der Waals surface area contributed by atoms with E-state index in [4.69, 9.17) is 5.73 Å². The zero-order valence-electron chi connectivity index (χ0n) is 12.5. The molecule has 6 heteroatoms. The van der Waals surface area contributed by atoms with Crippen molar-refractivity contribution >= 4 is 11.6 Å². The summed E-state index contributed by atoms with van der Waals surface area (Å²) in [4.78, 5) is 18.1. The molecule has 0 bridgehead atoms. The van der Waals surface area contributed by atoms with Crippen molar-refractivity contribution in [2.75, 3.05) is 18.0 Å². The Bertz CT molecular complexity index is 708. The van der Waals surface area contributed by atoms with Gasteiger partial charge >= 0.3 is 0 Å². The largest absolute Gasteiger partial charge is 0.330 e. The highest BCUT2D eigenvalue weighted by molar-refractivity contribution is 5.94. The standard InChI is InChI=1S/C17H17F2N3O/c18-12-3-4-16(19)15(6-12)14-7-17(23)22(10-11(14)8-20)13-2-1-5-21-9-13/h1-6,9,11,14H,7-8,10,20H2/t11-,14-/m0/s1. The fourth-order valence-electron chi connectivity index (χ4n) is 3.09. The van der Waals surface area contributed by atoms with Gasteiger partial charge in [-0.25, -0.2) is 8.78 Å². The van der Waals surface area contributed by atoms with E-state index in [0.717, 1.165) is 18.2 Å². The van der Waals surface area contributed by atoms with Crippen molar-refractivity contribution in [1.29, 1.82) is 0 Å². The molecule has 0 spiro atoms. The lowest BCUT2D eigenvalue weighted by atomic mass is 9.79. The van der Waals surface area contributed by atoms with Crippen LogP contribution >= 0.6 is 0 Å². The van der Waals surface area contributed by atoms with E-state index in [1.807, 2.05) is 0 Å². The van der Waals surface area contributed by atoms with Gasteiger partial charge in [0.1, 0.15) is 11.6 Å². The molecule has 0 saturated carbocycles. The SMILES string of the molecule is NC[C@H]1CN(c2cccnc2)C(=O)C[C@@H]1c1cc(F)ccc1F. The van der Waals surface area contributed by atoms with E-state index < -0.39 is 17.6 Å². The molecule has 0 radical (unpaired) electrons. The summed E-state index contributed by atoms with van der Waals surface area (Å²) < 4.78 is 27.5. The smallest absolute Gasteiger partial charge is 0.227 e. The molecule has 1 aromatic heterocycles. The number of amides is 1. The maximum atomic E-state index is 14.1. The second-order valence-corrected chi connectivity index (χ2v) is 5.69. The Morgan fingerprint density at radius 1 is 1.30 bits per heavy atom. The number of benzene rings is 1. The van der Waals surface area contributed by atoms with Crippen LogP contribution in [-0.4, -0.2) is 24.0 Å². The van der Waals surface area contributed by atoms with Crippen molar-refractivity contribution in [3.8, 4) is 0 Å². The Labute approximate surface area is 132 Å². The highest BCUT2D eigenvalue weighted by atomic mass is 19.1. The number of pyridine rings is 1. The summed E-state index contributed by atoms with van der Waals surface area (Å²) in [5.74, 6) is -1.73. The van der Waals surface area contributed by atoms with Gasteiger partial charge in [-0.05, 0) is 48.4 Å². The maximum absolute atomic E-state index is 14.1. The summed E-state index contributed by atoms with van der Waals surface area (Å²) in [5, 5.41) is 0. The number of aromatic nitrogens is 1. The Morgan fingerprint density at radius 3 is 2.83 bits per heavy atom. The van der Waals surface area contributed by atoms with Gasteiger partial charge in [-0.15, -0.1) is 0 Å². The van der Waals surface area contributed by atoms with E-state index in [0.29, 0.717) is 12.2 Å².